The summed E-state index contributed by atoms with van der Waals surface area (Å²) in [6, 6.07) is 12.6. The van der Waals surface area contributed by atoms with E-state index in [4.69, 9.17) is 11.6 Å². The Morgan fingerprint density at radius 3 is 2.72 bits per heavy atom. The van der Waals surface area contributed by atoms with Crippen molar-refractivity contribution in [1.82, 2.24) is 10.3 Å². The average Bonchev–Trinajstić information content (AvgIpc) is 2.38. The molecule has 0 saturated carbocycles. The summed E-state index contributed by atoms with van der Waals surface area (Å²) in [5, 5.41) is 5.87. The molecule has 1 aromatic carbocycles. The van der Waals surface area contributed by atoms with E-state index in [0.29, 0.717) is 17.4 Å². The molecule has 0 aliphatic heterocycles. The van der Waals surface area contributed by atoms with Gasteiger partial charge in [-0.25, -0.2) is 9.78 Å². The molecular formula is C13H12ClN3O. The minimum absolute atomic E-state index is 0.311. The summed E-state index contributed by atoms with van der Waals surface area (Å²) >= 11 is 5.79. The van der Waals surface area contributed by atoms with Crippen LogP contribution in [0.25, 0.3) is 0 Å². The molecule has 5 heteroatoms. The summed E-state index contributed by atoms with van der Waals surface area (Å²) in [7, 11) is 0. The maximum atomic E-state index is 11.6. The Bertz CT molecular complexity index is 531. The molecule has 0 aliphatic rings. The van der Waals surface area contributed by atoms with Crippen molar-refractivity contribution in [2.75, 3.05) is 5.32 Å². The number of carbonyl (C=O) groups is 1. The summed E-state index contributed by atoms with van der Waals surface area (Å²) in [4.78, 5) is 15.6. The topological polar surface area (TPSA) is 54.0 Å². The standard InChI is InChI=1S/C13H12ClN3O/c14-11-6-7-15-12(8-11)17-13(18)16-9-10-4-2-1-3-5-10/h1-8H,9H2,(H2,15,16,17,18). The van der Waals surface area contributed by atoms with Gasteiger partial charge in [-0.3, -0.25) is 5.32 Å². The first-order valence-electron chi connectivity index (χ1n) is 5.44. The number of hydrogen-bond donors (Lipinski definition) is 2. The minimum Gasteiger partial charge on any atom is -0.334 e. The van der Waals surface area contributed by atoms with Crippen LogP contribution in [0, 0.1) is 0 Å². The molecule has 2 rings (SSSR count). The van der Waals surface area contributed by atoms with Crippen LogP contribution in [0.3, 0.4) is 0 Å². The average molecular weight is 262 g/mol. The lowest BCUT2D eigenvalue weighted by Crippen LogP contribution is -2.28. The van der Waals surface area contributed by atoms with E-state index >= 15 is 0 Å². The molecule has 92 valence electrons. The third kappa shape index (κ3) is 3.75. The van der Waals surface area contributed by atoms with Gasteiger partial charge in [0.25, 0.3) is 0 Å². The van der Waals surface area contributed by atoms with E-state index in [9.17, 15) is 4.79 Å². The first kappa shape index (κ1) is 12.4. The molecule has 0 unspecified atom stereocenters. The van der Waals surface area contributed by atoms with Crippen LogP contribution < -0.4 is 10.6 Å². The number of hydrogen-bond acceptors (Lipinski definition) is 2. The van der Waals surface area contributed by atoms with E-state index in [-0.39, 0.29) is 6.03 Å². The number of nitrogens with one attached hydrogen (secondary N) is 2. The number of nitrogens with zero attached hydrogens (tertiary/aromatic N) is 1. The van der Waals surface area contributed by atoms with Crippen LogP contribution in [0.5, 0.6) is 0 Å². The van der Waals surface area contributed by atoms with E-state index in [1.54, 1.807) is 12.1 Å². The van der Waals surface area contributed by atoms with Gasteiger partial charge < -0.3 is 5.32 Å². The first-order chi connectivity index (χ1) is 8.74. The second-order valence-electron chi connectivity index (χ2n) is 3.65. The quantitative estimate of drug-likeness (QED) is 0.892. The molecule has 0 fully saturated rings. The number of anilines is 1. The summed E-state index contributed by atoms with van der Waals surface area (Å²) in [5.41, 5.74) is 1.03. The highest BCUT2D eigenvalue weighted by molar-refractivity contribution is 6.30. The second-order valence-corrected chi connectivity index (χ2v) is 4.09. The monoisotopic (exact) mass is 261 g/mol. The molecule has 2 amide bonds. The lowest BCUT2D eigenvalue weighted by atomic mass is 10.2. The van der Waals surface area contributed by atoms with Crippen LogP contribution in [-0.4, -0.2) is 11.0 Å². The summed E-state index contributed by atoms with van der Waals surface area (Å²) in [5.74, 6) is 0.424. The zero-order valence-electron chi connectivity index (χ0n) is 9.56. The molecular weight excluding hydrogens is 250 g/mol. The molecule has 1 heterocycles. The second kappa shape index (κ2) is 6.02. The lowest BCUT2D eigenvalue weighted by Gasteiger charge is -2.07. The van der Waals surface area contributed by atoms with Gasteiger partial charge in [-0.15, -0.1) is 0 Å². The van der Waals surface area contributed by atoms with Gasteiger partial charge in [-0.1, -0.05) is 41.9 Å². The van der Waals surface area contributed by atoms with E-state index in [0.717, 1.165) is 5.56 Å². The maximum Gasteiger partial charge on any atom is 0.320 e. The Morgan fingerprint density at radius 1 is 1.22 bits per heavy atom. The summed E-state index contributed by atoms with van der Waals surface area (Å²) in [6.45, 7) is 0.466. The molecule has 2 aromatic rings. The van der Waals surface area contributed by atoms with Gasteiger partial charge in [-0.2, -0.15) is 0 Å². The van der Waals surface area contributed by atoms with Crippen molar-refractivity contribution in [2.45, 2.75) is 6.54 Å². The lowest BCUT2D eigenvalue weighted by molar-refractivity contribution is 0.251. The van der Waals surface area contributed by atoms with Crippen molar-refractivity contribution in [3.63, 3.8) is 0 Å². The van der Waals surface area contributed by atoms with Crippen molar-refractivity contribution in [2.24, 2.45) is 0 Å². The number of pyridine rings is 1. The Kier molecular flexibility index (Phi) is 4.15. The highest BCUT2D eigenvalue weighted by Gasteiger charge is 2.02. The van der Waals surface area contributed by atoms with Crippen LogP contribution in [0.4, 0.5) is 10.6 Å². The van der Waals surface area contributed by atoms with Crippen LogP contribution in [-0.2, 0) is 6.54 Å². The van der Waals surface area contributed by atoms with Gasteiger partial charge in [0.2, 0.25) is 0 Å². The van der Waals surface area contributed by atoms with Crippen LogP contribution in [0.1, 0.15) is 5.56 Å². The Hall–Kier alpha value is -2.07. The normalized spacial score (nSPS) is 9.83. The number of urea groups is 1. The van der Waals surface area contributed by atoms with E-state index < -0.39 is 0 Å². The molecule has 0 radical (unpaired) electrons. The predicted octanol–water partition coefficient (Wildman–Crippen LogP) is 3.06. The third-order valence-electron chi connectivity index (χ3n) is 2.26. The molecule has 18 heavy (non-hydrogen) atoms. The Labute approximate surface area is 110 Å². The fourth-order valence-corrected chi connectivity index (χ4v) is 1.57. The molecule has 0 saturated heterocycles. The highest BCUT2D eigenvalue weighted by Crippen LogP contribution is 2.11. The molecule has 0 spiro atoms. The summed E-state index contributed by atoms with van der Waals surface area (Å²) in [6.07, 6.45) is 1.54. The van der Waals surface area contributed by atoms with Crippen molar-refractivity contribution < 1.29 is 4.79 Å². The van der Waals surface area contributed by atoms with Crippen molar-refractivity contribution in [3.8, 4) is 0 Å². The largest absolute Gasteiger partial charge is 0.334 e. The van der Waals surface area contributed by atoms with Crippen LogP contribution in [0.15, 0.2) is 48.7 Å². The zero-order chi connectivity index (χ0) is 12.8. The first-order valence-corrected chi connectivity index (χ1v) is 5.82. The number of carbonyl (C=O) groups excluding carboxylic acids is 1. The smallest absolute Gasteiger partial charge is 0.320 e. The fourth-order valence-electron chi connectivity index (χ4n) is 1.41. The van der Waals surface area contributed by atoms with Gasteiger partial charge in [0.15, 0.2) is 0 Å². The number of rotatable bonds is 3. The van der Waals surface area contributed by atoms with Crippen molar-refractivity contribution in [3.05, 3.63) is 59.2 Å². The fraction of sp³-hybridized carbons (Fsp3) is 0.0769. The Morgan fingerprint density at radius 2 is 2.00 bits per heavy atom. The number of halogens is 1. The molecule has 0 atom stereocenters. The molecule has 0 aliphatic carbocycles. The van der Waals surface area contributed by atoms with Crippen molar-refractivity contribution >= 4 is 23.4 Å². The van der Waals surface area contributed by atoms with Crippen molar-refractivity contribution in [1.29, 1.82) is 0 Å². The van der Waals surface area contributed by atoms with Crippen LogP contribution in [0.2, 0.25) is 5.02 Å². The molecule has 4 nitrogen and oxygen atoms in total. The van der Waals surface area contributed by atoms with Gasteiger partial charge in [0.05, 0.1) is 0 Å². The number of aromatic nitrogens is 1. The molecule has 2 N–H and O–H groups in total. The zero-order valence-corrected chi connectivity index (χ0v) is 10.3. The minimum atomic E-state index is -0.311. The predicted molar refractivity (Wildman–Crippen MR) is 71.5 cm³/mol. The van der Waals surface area contributed by atoms with E-state index in [2.05, 4.69) is 15.6 Å². The Balaban J connectivity index is 1.86. The molecule has 1 aromatic heterocycles. The number of benzene rings is 1. The molecule has 0 bridgehead atoms. The SMILES string of the molecule is O=C(NCc1ccccc1)Nc1cc(Cl)ccn1. The van der Waals surface area contributed by atoms with E-state index in [1.807, 2.05) is 30.3 Å². The van der Waals surface area contributed by atoms with Crippen LogP contribution >= 0.6 is 11.6 Å². The van der Waals surface area contributed by atoms with Gasteiger partial charge in [-0.05, 0) is 17.7 Å². The van der Waals surface area contributed by atoms with Gasteiger partial charge >= 0.3 is 6.03 Å². The number of amides is 2. The maximum absolute atomic E-state index is 11.6. The summed E-state index contributed by atoms with van der Waals surface area (Å²) < 4.78 is 0. The van der Waals surface area contributed by atoms with Gasteiger partial charge in [0, 0.05) is 17.8 Å². The third-order valence-corrected chi connectivity index (χ3v) is 2.49. The van der Waals surface area contributed by atoms with E-state index in [1.165, 1.54) is 6.20 Å². The van der Waals surface area contributed by atoms with Gasteiger partial charge in [0.1, 0.15) is 5.82 Å². The highest BCUT2D eigenvalue weighted by atomic mass is 35.5.